The minimum absolute atomic E-state index is 0.153. The maximum absolute atomic E-state index is 11.7. The van der Waals surface area contributed by atoms with Crippen LogP contribution in [0.2, 0.25) is 0 Å². The van der Waals surface area contributed by atoms with Crippen molar-refractivity contribution in [2.24, 2.45) is 0 Å². The number of anilines is 1. The zero-order chi connectivity index (χ0) is 13.9. The van der Waals surface area contributed by atoms with E-state index in [0.717, 1.165) is 16.8 Å². The van der Waals surface area contributed by atoms with Crippen molar-refractivity contribution < 1.29 is 0 Å². The van der Waals surface area contributed by atoms with Crippen molar-refractivity contribution >= 4 is 16.5 Å². The molecule has 0 spiro atoms. The molecule has 0 atom stereocenters. The molecular formula is C16H15N3O. The fraction of sp³-hybridized carbons (Fsp3) is 0.125. The van der Waals surface area contributed by atoms with E-state index in [1.807, 2.05) is 42.5 Å². The maximum Gasteiger partial charge on any atom is 0.272 e. The minimum Gasteiger partial charge on any atom is -0.379 e. The molecule has 100 valence electrons. The molecule has 3 rings (SSSR count). The standard InChI is InChI=1S/C16H15N3O/c1-11-6-2-5-9-14(11)17-10-15-12-7-3-4-8-13(12)16(20)19-18-15/h2-9,17H,10H2,1H3,(H,19,20). The van der Waals surface area contributed by atoms with Crippen molar-refractivity contribution in [3.05, 3.63) is 70.1 Å². The Hall–Kier alpha value is -2.62. The number of aromatic amines is 1. The Bertz CT molecular complexity index is 808. The SMILES string of the molecule is Cc1ccccc1NCc1n[nH]c(=O)c2ccccc12. The lowest BCUT2D eigenvalue weighted by molar-refractivity contribution is 0.923. The number of H-pyrrole nitrogens is 1. The lowest BCUT2D eigenvalue weighted by Gasteiger charge is -2.10. The van der Waals surface area contributed by atoms with Gasteiger partial charge in [-0.05, 0) is 24.6 Å². The van der Waals surface area contributed by atoms with Crippen molar-refractivity contribution in [3.63, 3.8) is 0 Å². The number of nitrogens with one attached hydrogen (secondary N) is 2. The summed E-state index contributed by atoms with van der Waals surface area (Å²) >= 11 is 0. The molecule has 4 heteroatoms. The van der Waals surface area contributed by atoms with Gasteiger partial charge in [0.2, 0.25) is 0 Å². The van der Waals surface area contributed by atoms with Crippen LogP contribution in [0.15, 0.2) is 53.3 Å². The number of para-hydroxylation sites is 1. The summed E-state index contributed by atoms with van der Waals surface area (Å²) in [4.78, 5) is 11.7. The van der Waals surface area contributed by atoms with Crippen LogP contribution in [0.5, 0.6) is 0 Å². The molecule has 0 saturated carbocycles. The van der Waals surface area contributed by atoms with Gasteiger partial charge in [-0.2, -0.15) is 5.10 Å². The predicted molar refractivity (Wildman–Crippen MR) is 80.9 cm³/mol. The summed E-state index contributed by atoms with van der Waals surface area (Å²) in [5.41, 5.74) is 2.94. The van der Waals surface area contributed by atoms with E-state index >= 15 is 0 Å². The minimum atomic E-state index is -0.153. The third-order valence-corrected chi connectivity index (χ3v) is 3.37. The molecule has 3 aromatic rings. The summed E-state index contributed by atoms with van der Waals surface area (Å²) in [5, 5.41) is 11.6. The molecule has 1 aromatic heterocycles. The first-order valence-corrected chi connectivity index (χ1v) is 6.51. The lowest BCUT2D eigenvalue weighted by Crippen LogP contribution is -2.13. The third-order valence-electron chi connectivity index (χ3n) is 3.37. The normalized spacial score (nSPS) is 10.7. The highest BCUT2D eigenvalue weighted by Crippen LogP contribution is 2.17. The van der Waals surface area contributed by atoms with Gasteiger partial charge in [0.25, 0.3) is 5.56 Å². The van der Waals surface area contributed by atoms with Crippen LogP contribution in [-0.2, 0) is 6.54 Å². The van der Waals surface area contributed by atoms with E-state index in [-0.39, 0.29) is 5.56 Å². The highest BCUT2D eigenvalue weighted by Gasteiger charge is 2.06. The Kier molecular flexibility index (Phi) is 3.21. The quantitative estimate of drug-likeness (QED) is 0.765. The summed E-state index contributed by atoms with van der Waals surface area (Å²) in [5.74, 6) is 0. The van der Waals surface area contributed by atoms with Crippen LogP contribution in [0.3, 0.4) is 0 Å². The Labute approximate surface area is 116 Å². The van der Waals surface area contributed by atoms with Crippen molar-refractivity contribution in [3.8, 4) is 0 Å². The molecule has 1 heterocycles. The molecule has 4 nitrogen and oxygen atoms in total. The topological polar surface area (TPSA) is 57.8 Å². The van der Waals surface area contributed by atoms with E-state index in [1.54, 1.807) is 0 Å². The van der Waals surface area contributed by atoms with E-state index in [4.69, 9.17) is 0 Å². The van der Waals surface area contributed by atoms with E-state index in [1.165, 1.54) is 5.56 Å². The van der Waals surface area contributed by atoms with Gasteiger partial charge in [-0.3, -0.25) is 4.79 Å². The van der Waals surface area contributed by atoms with Gasteiger partial charge in [0.15, 0.2) is 0 Å². The van der Waals surface area contributed by atoms with Crippen LogP contribution in [0.4, 0.5) is 5.69 Å². The van der Waals surface area contributed by atoms with Gasteiger partial charge in [0.05, 0.1) is 17.6 Å². The average molecular weight is 265 g/mol. The first-order chi connectivity index (χ1) is 9.75. The number of hydrogen-bond acceptors (Lipinski definition) is 3. The molecule has 2 N–H and O–H groups in total. The summed E-state index contributed by atoms with van der Waals surface area (Å²) < 4.78 is 0. The number of hydrogen-bond donors (Lipinski definition) is 2. The van der Waals surface area contributed by atoms with Crippen molar-refractivity contribution in [1.29, 1.82) is 0 Å². The lowest BCUT2D eigenvalue weighted by atomic mass is 10.1. The van der Waals surface area contributed by atoms with Crippen LogP contribution in [0.25, 0.3) is 10.8 Å². The second-order valence-corrected chi connectivity index (χ2v) is 4.71. The third kappa shape index (κ3) is 2.28. The van der Waals surface area contributed by atoms with Gasteiger partial charge >= 0.3 is 0 Å². The number of nitrogens with zero attached hydrogens (tertiary/aromatic N) is 1. The highest BCUT2D eigenvalue weighted by molar-refractivity contribution is 5.83. The second-order valence-electron chi connectivity index (χ2n) is 4.71. The first kappa shape index (κ1) is 12.4. The van der Waals surface area contributed by atoms with E-state index < -0.39 is 0 Å². The van der Waals surface area contributed by atoms with Crippen molar-refractivity contribution in [1.82, 2.24) is 10.2 Å². The van der Waals surface area contributed by atoms with Gasteiger partial charge in [0, 0.05) is 11.1 Å². The molecule has 0 aliphatic heterocycles. The summed E-state index contributed by atoms with van der Waals surface area (Å²) in [7, 11) is 0. The Morgan fingerprint density at radius 2 is 1.75 bits per heavy atom. The zero-order valence-electron chi connectivity index (χ0n) is 11.2. The van der Waals surface area contributed by atoms with Crippen molar-refractivity contribution in [2.75, 3.05) is 5.32 Å². The van der Waals surface area contributed by atoms with Gasteiger partial charge < -0.3 is 5.32 Å². The highest BCUT2D eigenvalue weighted by atomic mass is 16.1. The molecule has 0 radical (unpaired) electrons. The predicted octanol–water partition coefficient (Wildman–Crippen LogP) is 2.84. The monoisotopic (exact) mass is 265 g/mol. The van der Waals surface area contributed by atoms with Crippen LogP contribution in [0, 0.1) is 6.92 Å². The van der Waals surface area contributed by atoms with Crippen LogP contribution in [0.1, 0.15) is 11.3 Å². The molecule has 20 heavy (non-hydrogen) atoms. The average Bonchev–Trinajstić information content (AvgIpc) is 2.48. The Morgan fingerprint density at radius 1 is 1.05 bits per heavy atom. The molecule has 0 bridgehead atoms. The summed E-state index contributed by atoms with van der Waals surface area (Å²) in [6.07, 6.45) is 0. The smallest absolute Gasteiger partial charge is 0.272 e. The van der Waals surface area contributed by atoms with Gasteiger partial charge in [-0.25, -0.2) is 5.10 Å². The van der Waals surface area contributed by atoms with Crippen LogP contribution >= 0.6 is 0 Å². The van der Waals surface area contributed by atoms with Gasteiger partial charge in [0.1, 0.15) is 0 Å². The van der Waals surface area contributed by atoms with Gasteiger partial charge in [-0.15, -0.1) is 0 Å². The number of fused-ring (bicyclic) bond motifs is 1. The fourth-order valence-electron chi connectivity index (χ4n) is 2.26. The fourth-order valence-corrected chi connectivity index (χ4v) is 2.26. The summed E-state index contributed by atoms with van der Waals surface area (Å²) in [6, 6.07) is 15.6. The molecular weight excluding hydrogens is 250 g/mol. The van der Waals surface area contributed by atoms with E-state index in [2.05, 4.69) is 28.5 Å². The van der Waals surface area contributed by atoms with Crippen LogP contribution < -0.4 is 10.9 Å². The van der Waals surface area contributed by atoms with E-state index in [9.17, 15) is 4.79 Å². The Morgan fingerprint density at radius 3 is 2.55 bits per heavy atom. The molecule has 0 saturated heterocycles. The van der Waals surface area contributed by atoms with Gasteiger partial charge in [-0.1, -0.05) is 36.4 Å². The second kappa shape index (κ2) is 5.17. The first-order valence-electron chi connectivity index (χ1n) is 6.51. The Balaban J connectivity index is 1.94. The molecule has 0 aliphatic carbocycles. The number of aromatic nitrogens is 2. The number of rotatable bonds is 3. The number of benzene rings is 2. The molecule has 0 unspecified atom stereocenters. The largest absolute Gasteiger partial charge is 0.379 e. The maximum atomic E-state index is 11.7. The molecule has 2 aromatic carbocycles. The molecule has 0 fully saturated rings. The van der Waals surface area contributed by atoms with E-state index in [0.29, 0.717) is 11.9 Å². The molecule has 0 amide bonds. The zero-order valence-corrected chi connectivity index (χ0v) is 11.2. The number of aryl methyl sites for hydroxylation is 1. The van der Waals surface area contributed by atoms with Crippen LogP contribution in [-0.4, -0.2) is 10.2 Å². The van der Waals surface area contributed by atoms with Crippen molar-refractivity contribution in [2.45, 2.75) is 13.5 Å². The molecule has 0 aliphatic rings. The summed E-state index contributed by atoms with van der Waals surface area (Å²) in [6.45, 7) is 2.63.